The Kier molecular flexibility index (Phi) is 2.91. The van der Waals surface area contributed by atoms with Crippen LogP contribution in [0.5, 0.6) is 0 Å². The van der Waals surface area contributed by atoms with Gasteiger partial charge < -0.3 is 9.84 Å². The molecule has 92 valence electrons. The van der Waals surface area contributed by atoms with Crippen molar-refractivity contribution < 1.29 is 14.6 Å². The lowest BCUT2D eigenvalue weighted by Gasteiger charge is -2.45. The van der Waals surface area contributed by atoms with Gasteiger partial charge in [0.2, 0.25) is 0 Å². The van der Waals surface area contributed by atoms with Crippen molar-refractivity contribution in [2.45, 2.75) is 25.7 Å². The molecule has 0 amide bonds. The van der Waals surface area contributed by atoms with Crippen LogP contribution in [0.2, 0.25) is 0 Å². The van der Waals surface area contributed by atoms with Crippen LogP contribution in [-0.2, 0) is 14.9 Å². The van der Waals surface area contributed by atoms with Crippen molar-refractivity contribution in [3.63, 3.8) is 0 Å². The van der Waals surface area contributed by atoms with Gasteiger partial charge in [-0.2, -0.15) is 0 Å². The van der Waals surface area contributed by atoms with Crippen molar-refractivity contribution in [1.82, 2.24) is 4.98 Å². The molecule has 4 heteroatoms. The summed E-state index contributed by atoms with van der Waals surface area (Å²) in [5.74, 6) is -0.766. The molecule has 4 nitrogen and oxygen atoms in total. The summed E-state index contributed by atoms with van der Waals surface area (Å²) in [6, 6.07) is 3.89. The number of ether oxygens (including phenoxy) is 1. The normalized spacial score (nSPS) is 18.5. The predicted molar refractivity (Wildman–Crippen MR) is 62.8 cm³/mol. The molecule has 1 aliphatic heterocycles. The minimum atomic E-state index is -0.766. The van der Waals surface area contributed by atoms with Gasteiger partial charge in [0, 0.05) is 17.8 Å². The average Bonchev–Trinajstić information content (AvgIpc) is 2.24. The van der Waals surface area contributed by atoms with Crippen molar-refractivity contribution in [1.29, 1.82) is 0 Å². The minimum Gasteiger partial charge on any atom is -0.481 e. The number of carbonyl (C=O) groups is 1. The molecule has 0 aliphatic carbocycles. The SMILES string of the molecule is CC(C)(CC1(c2ccncc2)COC1)C(=O)O. The maximum Gasteiger partial charge on any atom is 0.309 e. The van der Waals surface area contributed by atoms with E-state index in [-0.39, 0.29) is 5.41 Å². The molecular formula is C13H17NO3. The summed E-state index contributed by atoms with van der Waals surface area (Å²) in [6.07, 6.45) is 4.06. The standard InChI is InChI=1S/C13H17NO3/c1-12(2,11(15)16)7-13(8-17-9-13)10-3-5-14-6-4-10/h3-6H,7-9H2,1-2H3,(H,15,16). The molecule has 0 radical (unpaired) electrons. The maximum absolute atomic E-state index is 11.2. The molecule has 1 aliphatic rings. The van der Waals surface area contributed by atoms with E-state index in [1.165, 1.54) is 0 Å². The fraction of sp³-hybridized carbons (Fsp3) is 0.538. The first kappa shape index (κ1) is 12.0. The van der Waals surface area contributed by atoms with Crippen LogP contribution in [0, 0.1) is 5.41 Å². The zero-order valence-corrected chi connectivity index (χ0v) is 10.1. The molecule has 0 bridgehead atoms. The third-order valence-electron chi connectivity index (χ3n) is 3.41. The van der Waals surface area contributed by atoms with Crippen LogP contribution in [0.15, 0.2) is 24.5 Å². The molecule has 0 saturated carbocycles. The van der Waals surface area contributed by atoms with Crippen molar-refractivity contribution >= 4 is 5.97 Å². The van der Waals surface area contributed by atoms with Gasteiger partial charge in [0.15, 0.2) is 0 Å². The fourth-order valence-electron chi connectivity index (χ4n) is 2.35. The third-order valence-corrected chi connectivity index (χ3v) is 3.41. The van der Waals surface area contributed by atoms with E-state index in [0.29, 0.717) is 19.6 Å². The number of aliphatic carboxylic acids is 1. The first-order chi connectivity index (χ1) is 7.96. The van der Waals surface area contributed by atoms with Crippen molar-refractivity contribution in [3.05, 3.63) is 30.1 Å². The van der Waals surface area contributed by atoms with Gasteiger partial charge in [-0.05, 0) is 38.0 Å². The number of rotatable bonds is 4. The van der Waals surface area contributed by atoms with Crippen LogP contribution in [0.25, 0.3) is 0 Å². The van der Waals surface area contributed by atoms with Crippen LogP contribution in [-0.4, -0.2) is 29.3 Å². The lowest BCUT2D eigenvalue weighted by atomic mass is 9.68. The zero-order chi connectivity index (χ0) is 12.5. The topological polar surface area (TPSA) is 59.4 Å². The second-order valence-electron chi connectivity index (χ2n) is 5.37. The number of hydrogen-bond acceptors (Lipinski definition) is 3. The molecule has 0 unspecified atom stereocenters. The van der Waals surface area contributed by atoms with E-state index < -0.39 is 11.4 Å². The molecule has 1 aromatic heterocycles. The molecular weight excluding hydrogens is 218 g/mol. The Morgan fingerprint density at radius 3 is 2.47 bits per heavy atom. The highest BCUT2D eigenvalue weighted by Gasteiger charge is 2.46. The van der Waals surface area contributed by atoms with Crippen LogP contribution in [0.1, 0.15) is 25.8 Å². The third kappa shape index (κ3) is 2.17. The van der Waals surface area contributed by atoms with Gasteiger partial charge >= 0.3 is 5.97 Å². The van der Waals surface area contributed by atoms with Gasteiger partial charge in [-0.25, -0.2) is 0 Å². The number of aromatic nitrogens is 1. The molecule has 0 atom stereocenters. The van der Waals surface area contributed by atoms with E-state index in [9.17, 15) is 9.90 Å². The average molecular weight is 235 g/mol. The van der Waals surface area contributed by atoms with E-state index in [4.69, 9.17) is 4.74 Å². The number of pyridine rings is 1. The molecule has 17 heavy (non-hydrogen) atoms. The summed E-state index contributed by atoms with van der Waals surface area (Å²) in [6.45, 7) is 4.70. The predicted octanol–water partition coefficient (Wildman–Crippen LogP) is 1.85. The van der Waals surface area contributed by atoms with E-state index in [0.717, 1.165) is 5.56 Å². The molecule has 2 heterocycles. The Morgan fingerprint density at radius 2 is 2.06 bits per heavy atom. The molecule has 0 spiro atoms. The van der Waals surface area contributed by atoms with Gasteiger partial charge in [0.05, 0.1) is 18.6 Å². The van der Waals surface area contributed by atoms with Crippen LogP contribution < -0.4 is 0 Å². The van der Waals surface area contributed by atoms with Crippen LogP contribution in [0.4, 0.5) is 0 Å². The minimum absolute atomic E-state index is 0.162. The molecule has 2 rings (SSSR count). The van der Waals surface area contributed by atoms with Crippen molar-refractivity contribution in [3.8, 4) is 0 Å². The molecule has 1 N–H and O–H groups in total. The number of carboxylic acid groups (broad SMARTS) is 1. The van der Waals surface area contributed by atoms with E-state index in [1.807, 2.05) is 12.1 Å². The lowest BCUT2D eigenvalue weighted by Crippen LogP contribution is -2.50. The highest BCUT2D eigenvalue weighted by molar-refractivity contribution is 5.73. The maximum atomic E-state index is 11.2. The molecule has 1 fully saturated rings. The Morgan fingerprint density at radius 1 is 1.47 bits per heavy atom. The number of hydrogen-bond donors (Lipinski definition) is 1. The van der Waals surface area contributed by atoms with Crippen molar-refractivity contribution in [2.24, 2.45) is 5.41 Å². The highest BCUT2D eigenvalue weighted by atomic mass is 16.5. The zero-order valence-electron chi connectivity index (χ0n) is 10.1. The first-order valence-electron chi connectivity index (χ1n) is 5.68. The molecule has 0 aromatic carbocycles. The van der Waals surface area contributed by atoms with E-state index >= 15 is 0 Å². The van der Waals surface area contributed by atoms with Gasteiger partial charge in [0.25, 0.3) is 0 Å². The summed E-state index contributed by atoms with van der Waals surface area (Å²) in [5, 5.41) is 9.22. The summed E-state index contributed by atoms with van der Waals surface area (Å²) >= 11 is 0. The summed E-state index contributed by atoms with van der Waals surface area (Å²) < 4.78 is 5.30. The quantitative estimate of drug-likeness (QED) is 0.865. The second-order valence-corrected chi connectivity index (χ2v) is 5.37. The Bertz CT molecular complexity index is 410. The van der Waals surface area contributed by atoms with Crippen LogP contribution in [0.3, 0.4) is 0 Å². The van der Waals surface area contributed by atoms with Gasteiger partial charge in [-0.3, -0.25) is 9.78 Å². The Hall–Kier alpha value is -1.42. The number of carboxylic acids is 1. The fourth-order valence-corrected chi connectivity index (χ4v) is 2.35. The van der Waals surface area contributed by atoms with E-state index in [1.54, 1.807) is 26.2 Å². The van der Waals surface area contributed by atoms with Gasteiger partial charge in [-0.15, -0.1) is 0 Å². The van der Waals surface area contributed by atoms with Gasteiger partial charge in [0.1, 0.15) is 0 Å². The Balaban J connectivity index is 2.25. The summed E-state index contributed by atoms with van der Waals surface area (Å²) in [7, 11) is 0. The Labute approximate surface area is 101 Å². The summed E-state index contributed by atoms with van der Waals surface area (Å²) in [4.78, 5) is 15.2. The molecule has 1 saturated heterocycles. The van der Waals surface area contributed by atoms with E-state index in [2.05, 4.69) is 4.98 Å². The first-order valence-corrected chi connectivity index (χ1v) is 5.68. The van der Waals surface area contributed by atoms with Crippen molar-refractivity contribution in [2.75, 3.05) is 13.2 Å². The van der Waals surface area contributed by atoms with Crippen LogP contribution >= 0.6 is 0 Å². The highest BCUT2D eigenvalue weighted by Crippen LogP contribution is 2.42. The smallest absolute Gasteiger partial charge is 0.309 e. The lowest BCUT2D eigenvalue weighted by molar-refractivity contribution is -0.152. The second kappa shape index (κ2) is 4.11. The number of nitrogens with zero attached hydrogens (tertiary/aromatic N) is 1. The summed E-state index contributed by atoms with van der Waals surface area (Å²) in [5.41, 5.74) is 0.214. The monoisotopic (exact) mass is 235 g/mol. The van der Waals surface area contributed by atoms with Gasteiger partial charge in [-0.1, -0.05) is 0 Å². The molecule has 1 aromatic rings. The largest absolute Gasteiger partial charge is 0.481 e.